The van der Waals surface area contributed by atoms with Gasteiger partial charge in [0.15, 0.2) is 0 Å². The molecular weight excluding hydrogens is 265 g/mol. The monoisotopic (exact) mass is 279 g/mol. The van der Waals surface area contributed by atoms with Crippen molar-refractivity contribution < 1.29 is 4.39 Å². The van der Waals surface area contributed by atoms with Gasteiger partial charge in [-0.25, -0.2) is 9.82 Å². The first-order chi connectivity index (χ1) is 9.01. The zero-order valence-corrected chi connectivity index (χ0v) is 11.5. The summed E-state index contributed by atoms with van der Waals surface area (Å²) in [5, 5.41) is 0.360. The van der Waals surface area contributed by atoms with Crippen LogP contribution >= 0.6 is 11.6 Å². The van der Waals surface area contributed by atoms with Crippen LogP contribution in [0, 0.1) is 19.7 Å². The number of nitrogens with zero attached hydrogens (tertiary/aromatic N) is 1. The lowest BCUT2D eigenvalue weighted by molar-refractivity contribution is 0.559. The molecule has 0 saturated carbocycles. The van der Waals surface area contributed by atoms with E-state index in [0.29, 0.717) is 10.6 Å². The molecule has 0 amide bonds. The molecule has 1 aromatic carbocycles. The standard InChI is InChI=1S/C14H15ClFN3/c1-8-5-10(6-9(2)18-8)14(19-17)12-4-3-11(15)7-13(12)16/h3-7,14,19H,17H2,1-2H3. The Kier molecular flexibility index (Phi) is 4.14. The van der Waals surface area contributed by atoms with Gasteiger partial charge in [-0.2, -0.15) is 0 Å². The largest absolute Gasteiger partial charge is 0.271 e. The van der Waals surface area contributed by atoms with E-state index >= 15 is 0 Å². The zero-order chi connectivity index (χ0) is 14.0. The minimum absolute atomic E-state index is 0.360. The molecule has 2 aromatic rings. The van der Waals surface area contributed by atoms with Crippen molar-refractivity contribution in [1.82, 2.24) is 10.4 Å². The molecule has 0 fully saturated rings. The quantitative estimate of drug-likeness (QED) is 0.671. The van der Waals surface area contributed by atoms with Crippen LogP contribution in [0.25, 0.3) is 0 Å². The summed E-state index contributed by atoms with van der Waals surface area (Å²) in [6.45, 7) is 3.78. The Morgan fingerprint density at radius 2 is 1.84 bits per heavy atom. The normalized spacial score (nSPS) is 12.5. The molecule has 0 radical (unpaired) electrons. The molecule has 3 N–H and O–H groups in total. The number of nitrogens with one attached hydrogen (secondary N) is 1. The van der Waals surface area contributed by atoms with E-state index in [0.717, 1.165) is 17.0 Å². The average molecular weight is 280 g/mol. The van der Waals surface area contributed by atoms with Crippen molar-refractivity contribution in [2.75, 3.05) is 0 Å². The van der Waals surface area contributed by atoms with Crippen molar-refractivity contribution in [2.45, 2.75) is 19.9 Å². The van der Waals surface area contributed by atoms with Crippen LogP contribution in [-0.4, -0.2) is 4.98 Å². The van der Waals surface area contributed by atoms with E-state index < -0.39 is 6.04 Å². The predicted octanol–water partition coefficient (Wildman–Crippen LogP) is 3.04. The lowest BCUT2D eigenvalue weighted by Gasteiger charge is -2.18. The highest BCUT2D eigenvalue weighted by molar-refractivity contribution is 6.30. The number of nitrogens with two attached hydrogens (primary N) is 1. The average Bonchev–Trinajstić information content (AvgIpc) is 2.31. The van der Waals surface area contributed by atoms with Crippen LogP contribution in [0.15, 0.2) is 30.3 Å². The summed E-state index contributed by atoms with van der Waals surface area (Å²) >= 11 is 5.76. The van der Waals surface area contributed by atoms with Gasteiger partial charge in [-0.1, -0.05) is 17.7 Å². The minimum Gasteiger partial charge on any atom is -0.271 e. The van der Waals surface area contributed by atoms with Gasteiger partial charge in [0.25, 0.3) is 0 Å². The van der Waals surface area contributed by atoms with Gasteiger partial charge in [-0.15, -0.1) is 0 Å². The Hall–Kier alpha value is -1.49. The van der Waals surface area contributed by atoms with Crippen LogP contribution in [0.5, 0.6) is 0 Å². The Balaban J connectivity index is 2.49. The fourth-order valence-electron chi connectivity index (χ4n) is 2.13. The highest BCUT2D eigenvalue weighted by Crippen LogP contribution is 2.26. The Morgan fingerprint density at radius 3 is 2.37 bits per heavy atom. The summed E-state index contributed by atoms with van der Waals surface area (Å²) in [6, 6.07) is 7.88. The van der Waals surface area contributed by atoms with Gasteiger partial charge in [-0.05, 0) is 43.7 Å². The first-order valence-corrected chi connectivity index (χ1v) is 6.25. The van der Waals surface area contributed by atoms with Crippen molar-refractivity contribution in [3.05, 3.63) is 63.7 Å². The summed E-state index contributed by atoms with van der Waals surface area (Å²) in [5.41, 5.74) is 5.69. The second-order valence-electron chi connectivity index (χ2n) is 4.45. The number of halogens is 2. The number of hydrogen-bond acceptors (Lipinski definition) is 3. The number of benzene rings is 1. The number of rotatable bonds is 3. The second kappa shape index (κ2) is 5.65. The summed E-state index contributed by atoms with van der Waals surface area (Å²) in [4.78, 5) is 4.30. The molecule has 100 valence electrons. The Labute approximate surface area is 116 Å². The van der Waals surface area contributed by atoms with Crippen molar-refractivity contribution >= 4 is 11.6 Å². The molecule has 0 bridgehead atoms. The molecule has 1 atom stereocenters. The van der Waals surface area contributed by atoms with Crippen molar-refractivity contribution in [2.24, 2.45) is 5.84 Å². The highest BCUT2D eigenvalue weighted by atomic mass is 35.5. The van der Waals surface area contributed by atoms with E-state index in [1.54, 1.807) is 12.1 Å². The first kappa shape index (κ1) is 13.9. The molecule has 0 aliphatic rings. The van der Waals surface area contributed by atoms with Gasteiger partial charge >= 0.3 is 0 Å². The molecule has 3 nitrogen and oxygen atoms in total. The van der Waals surface area contributed by atoms with E-state index in [1.807, 2.05) is 26.0 Å². The Bertz CT molecular complexity index is 581. The van der Waals surface area contributed by atoms with E-state index in [4.69, 9.17) is 17.4 Å². The number of aromatic nitrogens is 1. The SMILES string of the molecule is Cc1cc(C(NN)c2ccc(Cl)cc2F)cc(C)n1. The van der Waals surface area contributed by atoms with E-state index in [-0.39, 0.29) is 5.82 Å². The number of hydrogen-bond donors (Lipinski definition) is 2. The summed E-state index contributed by atoms with van der Waals surface area (Å²) in [6.07, 6.45) is 0. The lowest BCUT2D eigenvalue weighted by atomic mass is 9.98. The van der Waals surface area contributed by atoms with E-state index in [9.17, 15) is 4.39 Å². The van der Waals surface area contributed by atoms with Crippen LogP contribution in [0.1, 0.15) is 28.6 Å². The molecule has 1 aromatic heterocycles. The van der Waals surface area contributed by atoms with Gasteiger partial charge in [0.2, 0.25) is 0 Å². The summed E-state index contributed by atoms with van der Waals surface area (Å²) < 4.78 is 14.0. The maximum Gasteiger partial charge on any atom is 0.129 e. The molecule has 1 unspecified atom stereocenters. The smallest absolute Gasteiger partial charge is 0.129 e. The summed E-state index contributed by atoms with van der Waals surface area (Å²) in [7, 11) is 0. The van der Waals surface area contributed by atoms with Crippen LogP contribution in [0.3, 0.4) is 0 Å². The van der Waals surface area contributed by atoms with E-state index in [1.165, 1.54) is 6.07 Å². The molecular formula is C14H15ClFN3. The molecule has 5 heteroatoms. The fraction of sp³-hybridized carbons (Fsp3) is 0.214. The third-order valence-electron chi connectivity index (χ3n) is 2.88. The molecule has 0 saturated heterocycles. The van der Waals surface area contributed by atoms with Gasteiger partial charge in [0.05, 0.1) is 6.04 Å². The van der Waals surface area contributed by atoms with Crippen molar-refractivity contribution in [1.29, 1.82) is 0 Å². The minimum atomic E-state index is -0.433. The van der Waals surface area contributed by atoms with Crippen LogP contribution in [-0.2, 0) is 0 Å². The van der Waals surface area contributed by atoms with Gasteiger partial charge in [0, 0.05) is 22.0 Å². The fourth-order valence-corrected chi connectivity index (χ4v) is 2.29. The van der Waals surface area contributed by atoms with Crippen LogP contribution < -0.4 is 11.3 Å². The molecule has 0 aliphatic carbocycles. The topological polar surface area (TPSA) is 50.9 Å². The predicted molar refractivity (Wildman–Crippen MR) is 74.3 cm³/mol. The number of pyridine rings is 1. The van der Waals surface area contributed by atoms with E-state index in [2.05, 4.69) is 10.4 Å². The Morgan fingerprint density at radius 1 is 1.21 bits per heavy atom. The van der Waals surface area contributed by atoms with Crippen molar-refractivity contribution in [3.63, 3.8) is 0 Å². The lowest BCUT2D eigenvalue weighted by Crippen LogP contribution is -2.29. The first-order valence-electron chi connectivity index (χ1n) is 5.87. The van der Waals surface area contributed by atoms with Gasteiger partial charge in [0.1, 0.15) is 5.82 Å². The molecule has 19 heavy (non-hydrogen) atoms. The van der Waals surface area contributed by atoms with Crippen LogP contribution in [0.4, 0.5) is 4.39 Å². The molecule has 1 heterocycles. The molecule has 0 spiro atoms. The highest BCUT2D eigenvalue weighted by Gasteiger charge is 2.17. The molecule has 0 aliphatic heterocycles. The summed E-state index contributed by atoms with van der Waals surface area (Å²) in [5.74, 6) is 5.19. The van der Waals surface area contributed by atoms with Crippen LogP contribution in [0.2, 0.25) is 5.02 Å². The van der Waals surface area contributed by atoms with Gasteiger partial charge < -0.3 is 0 Å². The zero-order valence-electron chi connectivity index (χ0n) is 10.7. The maximum atomic E-state index is 14.0. The number of aryl methyl sites for hydroxylation is 2. The third kappa shape index (κ3) is 3.10. The van der Waals surface area contributed by atoms with Crippen molar-refractivity contribution in [3.8, 4) is 0 Å². The molecule has 2 rings (SSSR count). The second-order valence-corrected chi connectivity index (χ2v) is 4.89. The van der Waals surface area contributed by atoms with Gasteiger partial charge in [-0.3, -0.25) is 10.8 Å². The third-order valence-corrected chi connectivity index (χ3v) is 3.11. The maximum absolute atomic E-state index is 14.0. The number of hydrazine groups is 1.